The van der Waals surface area contributed by atoms with Gasteiger partial charge in [-0.25, -0.2) is 0 Å². The minimum absolute atomic E-state index is 0.123. The number of methoxy groups -OCH3 is 2. The van der Waals surface area contributed by atoms with Gasteiger partial charge in [0.15, 0.2) is 11.5 Å². The van der Waals surface area contributed by atoms with Gasteiger partial charge < -0.3 is 14.8 Å². The Bertz CT molecular complexity index is 652. The van der Waals surface area contributed by atoms with E-state index in [4.69, 9.17) is 9.47 Å². The number of hydrogen-bond donors (Lipinski definition) is 1. The van der Waals surface area contributed by atoms with Gasteiger partial charge in [0.1, 0.15) is 0 Å². The molecule has 6 heteroatoms. The number of ether oxygens (including phenoxy) is 2. The second-order valence-corrected chi connectivity index (χ2v) is 9.46. The Labute approximate surface area is 208 Å². The molecular weight excluding hydrogens is 428 g/mol. The van der Waals surface area contributed by atoms with Gasteiger partial charge in [-0.15, -0.1) is 0 Å². The van der Waals surface area contributed by atoms with Crippen LogP contribution in [-0.2, 0) is 6.42 Å². The third-order valence-corrected chi connectivity index (χ3v) is 6.65. The van der Waals surface area contributed by atoms with Gasteiger partial charge in [0, 0.05) is 5.56 Å². The van der Waals surface area contributed by atoms with E-state index in [1.54, 1.807) is 13.2 Å². The van der Waals surface area contributed by atoms with Crippen LogP contribution >= 0.6 is 0 Å². The fourth-order valence-corrected chi connectivity index (χ4v) is 4.55. The van der Waals surface area contributed by atoms with E-state index in [2.05, 4.69) is 5.32 Å². The molecule has 0 spiro atoms. The van der Waals surface area contributed by atoms with Crippen LogP contribution in [0.15, 0.2) is 12.1 Å². The fourth-order valence-electron chi connectivity index (χ4n) is 4.55. The van der Waals surface area contributed by atoms with Crippen LogP contribution in [0.1, 0.15) is 115 Å². The maximum absolute atomic E-state index is 11.4. The molecule has 1 rings (SSSR count). The summed E-state index contributed by atoms with van der Waals surface area (Å²) in [5.74, 6) is 0.961. The predicted molar refractivity (Wildman–Crippen MR) is 142 cm³/mol. The summed E-state index contributed by atoms with van der Waals surface area (Å²) in [4.78, 5) is 11.1. The highest BCUT2D eigenvalue weighted by Gasteiger charge is 2.18. The Morgan fingerprint density at radius 3 is 1.44 bits per heavy atom. The van der Waals surface area contributed by atoms with E-state index < -0.39 is 0 Å². The van der Waals surface area contributed by atoms with Crippen molar-refractivity contribution < 1.29 is 14.4 Å². The highest BCUT2D eigenvalue weighted by molar-refractivity contribution is 5.54. The maximum Gasteiger partial charge on any atom is 0.276 e. The lowest BCUT2D eigenvalue weighted by molar-refractivity contribution is -0.385. The normalized spacial score (nSPS) is 11.0. The van der Waals surface area contributed by atoms with Crippen LogP contribution in [0.2, 0.25) is 0 Å². The molecule has 0 aliphatic heterocycles. The van der Waals surface area contributed by atoms with E-state index in [0.29, 0.717) is 17.9 Å². The highest BCUT2D eigenvalue weighted by atomic mass is 16.6. The zero-order valence-electron chi connectivity index (χ0n) is 22.2. The molecule has 0 bridgehead atoms. The van der Waals surface area contributed by atoms with Crippen molar-refractivity contribution >= 4 is 5.69 Å². The van der Waals surface area contributed by atoms with Gasteiger partial charge in [-0.2, -0.15) is 0 Å². The molecule has 0 saturated carbocycles. The molecule has 0 aliphatic carbocycles. The van der Waals surface area contributed by atoms with Gasteiger partial charge in [-0.05, 0) is 38.9 Å². The van der Waals surface area contributed by atoms with Crippen LogP contribution in [0.5, 0.6) is 11.5 Å². The summed E-state index contributed by atoms with van der Waals surface area (Å²) in [6.07, 6.45) is 23.2. The summed E-state index contributed by atoms with van der Waals surface area (Å²) in [5, 5.41) is 14.6. The van der Waals surface area contributed by atoms with Crippen LogP contribution < -0.4 is 14.8 Å². The Morgan fingerprint density at radius 1 is 0.676 bits per heavy atom. The van der Waals surface area contributed by atoms with Crippen molar-refractivity contribution in [1.82, 2.24) is 5.32 Å². The minimum atomic E-state index is -0.328. The van der Waals surface area contributed by atoms with E-state index in [1.165, 1.54) is 109 Å². The molecule has 0 fully saturated rings. The number of aryl methyl sites for hydroxylation is 1. The summed E-state index contributed by atoms with van der Waals surface area (Å²) >= 11 is 0. The lowest BCUT2D eigenvalue weighted by atomic mass is 10.0. The molecule has 1 aromatic carbocycles. The number of rotatable bonds is 23. The van der Waals surface area contributed by atoms with Crippen LogP contribution in [0, 0.1) is 10.1 Å². The van der Waals surface area contributed by atoms with Crippen LogP contribution in [0.25, 0.3) is 0 Å². The molecule has 6 nitrogen and oxygen atoms in total. The number of benzene rings is 1. The Morgan fingerprint density at radius 2 is 1.06 bits per heavy atom. The molecule has 0 atom stereocenters. The number of nitrogens with one attached hydrogen (secondary N) is 1. The minimum Gasteiger partial charge on any atom is -0.493 e. The smallest absolute Gasteiger partial charge is 0.276 e. The van der Waals surface area contributed by atoms with Crippen molar-refractivity contribution in [3.8, 4) is 11.5 Å². The van der Waals surface area contributed by atoms with Gasteiger partial charge in [0.05, 0.1) is 25.2 Å². The first-order valence-corrected chi connectivity index (χ1v) is 13.7. The molecule has 1 N–H and O–H groups in total. The number of nitro benzene ring substituents is 1. The molecule has 0 radical (unpaired) electrons. The second kappa shape index (κ2) is 20.5. The van der Waals surface area contributed by atoms with E-state index in [-0.39, 0.29) is 10.6 Å². The molecule has 1 aromatic rings. The number of unbranched alkanes of at least 4 members (excludes halogenated alkanes) is 16. The molecule has 0 heterocycles. The quantitative estimate of drug-likeness (QED) is 0.0979. The Hall–Kier alpha value is -1.82. The second-order valence-electron chi connectivity index (χ2n) is 9.46. The zero-order valence-corrected chi connectivity index (χ0v) is 22.2. The molecule has 0 saturated heterocycles. The van der Waals surface area contributed by atoms with Crippen LogP contribution in [-0.4, -0.2) is 32.7 Å². The molecule has 196 valence electrons. The Balaban J connectivity index is 1.98. The van der Waals surface area contributed by atoms with Crippen molar-refractivity contribution in [3.63, 3.8) is 0 Å². The van der Waals surface area contributed by atoms with Gasteiger partial charge in [0.2, 0.25) is 0 Å². The summed E-state index contributed by atoms with van der Waals surface area (Å²) in [6, 6.07) is 3.23. The summed E-state index contributed by atoms with van der Waals surface area (Å²) < 4.78 is 10.5. The van der Waals surface area contributed by atoms with E-state index in [1.807, 2.05) is 7.05 Å². The van der Waals surface area contributed by atoms with E-state index >= 15 is 0 Å². The van der Waals surface area contributed by atoms with Crippen molar-refractivity contribution in [2.45, 2.75) is 116 Å². The molecule has 0 aliphatic rings. The van der Waals surface area contributed by atoms with Gasteiger partial charge in [-0.1, -0.05) is 96.3 Å². The van der Waals surface area contributed by atoms with Crippen molar-refractivity contribution in [2.24, 2.45) is 0 Å². The van der Waals surface area contributed by atoms with Gasteiger partial charge >= 0.3 is 0 Å². The van der Waals surface area contributed by atoms with Crippen molar-refractivity contribution in [2.75, 3.05) is 27.8 Å². The highest BCUT2D eigenvalue weighted by Crippen LogP contribution is 2.35. The van der Waals surface area contributed by atoms with E-state index in [9.17, 15) is 10.1 Å². The van der Waals surface area contributed by atoms with E-state index in [0.717, 1.165) is 24.9 Å². The average Bonchev–Trinajstić information content (AvgIpc) is 2.84. The Kier molecular flexibility index (Phi) is 18.3. The third-order valence-electron chi connectivity index (χ3n) is 6.65. The number of nitrogens with zero attached hydrogens (tertiary/aromatic N) is 1. The first kappa shape index (κ1) is 30.2. The fraction of sp³-hybridized carbons (Fsp3) is 0.786. The summed E-state index contributed by atoms with van der Waals surface area (Å²) in [7, 11) is 5.09. The monoisotopic (exact) mass is 478 g/mol. The zero-order chi connectivity index (χ0) is 24.9. The molecule has 0 unspecified atom stereocenters. The molecule has 0 aromatic heterocycles. The summed E-state index contributed by atoms with van der Waals surface area (Å²) in [6.45, 7) is 1.16. The first-order chi connectivity index (χ1) is 16.6. The third kappa shape index (κ3) is 13.8. The average molecular weight is 479 g/mol. The lowest BCUT2D eigenvalue weighted by Gasteiger charge is -2.10. The van der Waals surface area contributed by atoms with Crippen LogP contribution in [0.3, 0.4) is 0 Å². The molecular formula is C28H50N2O4. The standard InChI is InChI=1S/C28H50N2O4/c1-29-22-20-18-16-14-12-10-8-6-4-5-7-9-11-13-15-17-19-21-25-23-27(33-2)28(34-3)24-26(25)30(31)32/h23-24,29H,4-22H2,1-3H3. The number of nitro groups is 1. The van der Waals surface area contributed by atoms with Gasteiger partial charge in [-0.3, -0.25) is 10.1 Å². The molecule has 0 amide bonds. The lowest BCUT2D eigenvalue weighted by Crippen LogP contribution is -2.06. The number of hydrogen-bond acceptors (Lipinski definition) is 5. The topological polar surface area (TPSA) is 73.6 Å². The van der Waals surface area contributed by atoms with Crippen LogP contribution in [0.4, 0.5) is 5.69 Å². The molecule has 34 heavy (non-hydrogen) atoms. The summed E-state index contributed by atoms with van der Waals surface area (Å²) in [5.41, 5.74) is 0.852. The predicted octanol–water partition coefficient (Wildman–Crippen LogP) is 8.01. The maximum atomic E-state index is 11.4. The largest absolute Gasteiger partial charge is 0.493 e. The first-order valence-electron chi connectivity index (χ1n) is 13.7. The van der Waals surface area contributed by atoms with Crippen molar-refractivity contribution in [3.05, 3.63) is 27.8 Å². The van der Waals surface area contributed by atoms with Gasteiger partial charge in [0.25, 0.3) is 5.69 Å². The van der Waals surface area contributed by atoms with Crippen molar-refractivity contribution in [1.29, 1.82) is 0 Å². The SMILES string of the molecule is CNCCCCCCCCCCCCCCCCCCCc1cc(OC)c(OC)cc1[N+](=O)[O-].